The van der Waals surface area contributed by atoms with Crippen LogP contribution in [0.25, 0.3) is 5.52 Å². The van der Waals surface area contributed by atoms with Crippen molar-refractivity contribution in [3.05, 3.63) is 77.2 Å². The fraction of sp³-hybridized carbons (Fsp3) is 0.346. The number of benzene rings is 1. The summed E-state index contributed by atoms with van der Waals surface area (Å²) in [6, 6.07) is 8.90. The predicted octanol–water partition coefficient (Wildman–Crippen LogP) is 5.47. The van der Waals surface area contributed by atoms with Gasteiger partial charge >= 0.3 is 0 Å². The van der Waals surface area contributed by atoms with Gasteiger partial charge in [-0.2, -0.15) is 10.2 Å². The Bertz CT molecular complexity index is 1420. The third kappa shape index (κ3) is 4.26. The molecular weight excluding hydrogens is 450 g/mol. The van der Waals surface area contributed by atoms with Crippen LogP contribution in [-0.4, -0.2) is 31.8 Å². The molecule has 4 heterocycles. The summed E-state index contributed by atoms with van der Waals surface area (Å²) in [6.07, 6.45) is 4.89. The summed E-state index contributed by atoms with van der Waals surface area (Å²) in [4.78, 5) is 15.3. The highest BCUT2D eigenvalue weighted by molar-refractivity contribution is 6.08. The van der Waals surface area contributed by atoms with Crippen LogP contribution < -0.4 is 10.2 Å². The topological polar surface area (TPSA) is 67.5 Å². The molecule has 1 aromatic carbocycles. The van der Waals surface area contributed by atoms with E-state index in [1.807, 2.05) is 45.9 Å². The predicted molar refractivity (Wildman–Crippen MR) is 131 cm³/mol. The first-order valence-electron chi connectivity index (χ1n) is 11.7. The summed E-state index contributed by atoms with van der Waals surface area (Å²) in [5.74, 6) is -0.559. The molecule has 0 radical (unpaired) electrons. The summed E-state index contributed by atoms with van der Waals surface area (Å²) in [5.41, 5.74) is 2.72. The molecule has 0 saturated carbocycles. The number of amides is 1. The number of aryl methyl sites for hydroxylation is 1. The van der Waals surface area contributed by atoms with Crippen LogP contribution in [0.4, 0.5) is 20.3 Å². The van der Waals surface area contributed by atoms with E-state index < -0.39 is 11.6 Å². The molecule has 0 bridgehead atoms. The number of nitrogens with one attached hydrogen (secondary N) is 1. The number of carbonyl (C=O) groups is 1. The number of rotatable bonds is 4. The van der Waals surface area contributed by atoms with Gasteiger partial charge in [0.2, 0.25) is 0 Å². The highest BCUT2D eigenvalue weighted by Gasteiger charge is 2.29. The van der Waals surface area contributed by atoms with Gasteiger partial charge in [-0.05, 0) is 70.9 Å². The minimum atomic E-state index is -0.455. The molecule has 9 heteroatoms. The van der Waals surface area contributed by atoms with E-state index in [0.717, 1.165) is 23.9 Å². The Labute approximate surface area is 202 Å². The Kier molecular flexibility index (Phi) is 5.57. The lowest BCUT2D eigenvalue weighted by atomic mass is 10.0. The minimum Gasteiger partial charge on any atom is -0.364 e. The number of pyridine rings is 1. The number of hydrogen-bond donors (Lipinski definition) is 1. The molecule has 0 aliphatic carbocycles. The molecule has 1 amide bonds. The number of carbonyl (C=O) groups excluding carboxylic acids is 1. The Morgan fingerprint density at radius 2 is 1.94 bits per heavy atom. The summed E-state index contributed by atoms with van der Waals surface area (Å²) < 4.78 is 31.8. The molecule has 3 aromatic heterocycles. The lowest BCUT2D eigenvalue weighted by molar-refractivity contribution is 0.102. The van der Waals surface area contributed by atoms with E-state index in [2.05, 4.69) is 20.4 Å². The van der Waals surface area contributed by atoms with Crippen LogP contribution >= 0.6 is 0 Å². The molecule has 0 unspecified atom stereocenters. The number of fused-ring (bicyclic) bond motifs is 1. The third-order valence-corrected chi connectivity index (χ3v) is 6.36. The van der Waals surface area contributed by atoms with Gasteiger partial charge in [-0.25, -0.2) is 18.0 Å². The summed E-state index contributed by atoms with van der Waals surface area (Å²) >= 11 is 0. The molecule has 4 aromatic rings. The Morgan fingerprint density at radius 1 is 1.14 bits per heavy atom. The fourth-order valence-corrected chi connectivity index (χ4v) is 4.78. The minimum absolute atomic E-state index is 0.280. The fourth-order valence-electron chi connectivity index (χ4n) is 4.78. The molecule has 5 rings (SSSR count). The monoisotopic (exact) mass is 478 g/mol. The molecule has 1 N–H and O–H groups in total. The molecule has 1 saturated heterocycles. The maximum absolute atomic E-state index is 14.5. The average Bonchev–Trinajstić information content (AvgIpc) is 3.52. The van der Waals surface area contributed by atoms with E-state index in [1.165, 1.54) is 18.3 Å². The highest BCUT2D eigenvalue weighted by atomic mass is 19.1. The van der Waals surface area contributed by atoms with Crippen molar-refractivity contribution in [1.29, 1.82) is 0 Å². The second-order valence-electron chi connectivity index (χ2n) is 10.00. The molecule has 1 fully saturated rings. The van der Waals surface area contributed by atoms with E-state index in [1.54, 1.807) is 15.4 Å². The molecule has 7 nitrogen and oxygen atoms in total. The highest BCUT2D eigenvalue weighted by Crippen LogP contribution is 2.38. The van der Waals surface area contributed by atoms with Crippen LogP contribution in [-0.2, 0) is 5.54 Å². The van der Waals surface area contributed by atoms with Crippen molar-refractivity contribution in [1.82, 2.24) is 19.4 Å². The zero-order valence-electron chi connectivity index (χ0n) is 20.2. The lowest BCUT2D eigenvalue weighted by Crippen LogP contribution is -2.26. The van der Waals surface area contributed by atoms with Gasteiger partial charge in [-0.15, -0.1) is 0 Å². The second kappa shape index (κ2) is 8.48. The lowest BCUT2D eigenvalue weighted by Gasteiger charge is -2.27. The Hall–Kier alpha value is -3.75. The van der Waals surface area contributed by atoms with Gasteiger partial charge in [-0.1, -0.05) is 0 Å². The van der Waals surface area contributed by atoms with Gasteiger partial charge in [0.05, 0.1) is 34.6 Å². The van der Waals surface area contributed by atoms with Gasteiger partial charge in [-0.3, -0.25) is 4.79 Å². The number of aromatic nitrogens is 4. The first-order valence-corrected chi connectivity index (χ1v) is 11.7. The Balaban J connectivity index is 1.48. The van der Waals surface area contributed by atoms with Crippen molar-refractivity contribution < 1.29 is 13.6 Å². The van der Waals surface area contributed by atoms with E-state index in [-0.39, 0.29) is 17.5 Å². The Morgan fingerprint density at radius 3 is 2.71 bits per heavy atom. The van der Waals surface area contributed by atoms with E-state index in [0.29, 0.717) is 35.4 Å². The normalized spacial score (nSPS) is 16.3. The average molecular weight is 479 g/mol. The maximum atomic E-state index is 14.5. The van der Waals surface area contributed by atoms with Crippen LogP contribution in [0.1, 0.15) is 61.3 Å². The summed E-state index contributed by atoms with van der Waals surface area (Å²) in [7, 11) is 0. The molecule has 35 heavy (non-hydrogen) atoms. The van der Waals surface area contributed by atoms with Gasteiger partial charge < -0.3 is 10.2 Å². The van der Waals surface area contributed by atoms with Crippen molar-refractivity contribution in [2.24, 2.45) is 0 Å². The molecule has 0 spiro atoms. The zero-order valence-corrected chi connectivity index (χ0v) is 20.2. The standard InChI is InChI=1S/C26H28F2N6O/c1-16-12-24(34(31-16)26(2,3)4)30-25(35)20-15-29-33-11-9-18(14-23(20)33)32-10-5-6-22(32)19-13-17(27)7-8-21(19)28/h7-9,11-15,22H,5-6,10H2,1-4H3,(H,30,35)/t22-/m1/s1. The zero-order chi connectivity index (χ0) is 24.9. The molecule has 182 valence electrons. The smallest absolute Gasteiger partial charge is 0.260 e. The van der Waals surface area contributed by atoms with Gasteiger partial charge in [0.15, 0.2) is 0 Å². The molecule has 1 aliphatic rings. The number of hydrogen-bond acceptors (Lipinski definition) is 4. The third-order valence-electron chi connectivity index (χ3n) is 6.36. The van der Waals surface area contributed by atoms with Crippen molar-refractivity contribution in [2.45, 2.75) is 52.1 Å². The molecule has 1 aliphatic heterocycles. The van der Waals surface area contributed by atoms with E-state index >= 15 is 0 Å². The van der Waals surface area contributed by atoms with Crippen LogP contribution in [0.15, 0.2) is 48.8 Å². The van der Waals surface area contributed by atoms with E-state index in [9.17, 15) is 13.6 Å². The number of nitrogens with zero attached hydrogens (tertiary/aromatic N) is 5. The van der Waals surface area contributed by atoms with Crippen LogP contribution in [0.3, 0.4) is 0 Å². The number of anilines is 2. The van der Waals surface area contributed by atoms with Crippen LogP contribution in [0, 0.1) is 18.6 Å². The maximum Gasteiger partial charge on any atom is 0.260 e. The summed E-state index contributed by atoms with van der Waals surface area (Å²) in [6.45, 7) is 8.64. The van der Waals surface area contributed by atoms with Gasteiger partial charge in [0.25, 0.3) is 5.91 Å². The van der Waals surface area contributed by atoms with Crippen LogP contribution in [0.5, 0.6) is 0 Å². The van der Waals surface area contributed by atoms with Crippen molar-refractivity contribution in [3.63, 3.8) is 0 Å². The van der Waals surface area contributed by atoms with Crippen LogP contribution in [0.2, 0.25) is 0 Å². The molecular formula is C26H28F2N6O. The number of halogens is 2. The van der Waals surface area contributed by atoms with Crippen molar-refractivity contribution in [3.8, 4) is 0 Å². The first-order chi connectivity index (χ1) is 16.6. The van der Waals surface area contributed by atoms with Crippen molar-refractivity contribution >= 4 is 22.9 Å². The van der Waals surface area contributed by atoms with E-state index in [4.69, 9.17) is 0 Å². The quantitative estimate of drug-likeness (QED) is 0.423. The molecule has 1 atom stereocenters. The summed E-state index contributed by atoms with van der Waals surface area (Å²) in [5, 5.41) is 11.8. The van der Waals surface area contributed by atoms with Gasteiger partial charge in [0, 0.05) is 30.1 Å². The largest absolute Gasteiger partial charge is 0.364 e. The first kappa shape index (κ1) is 23.0. The van der Waals surface area contributed by atoms with Gasteiger partial charge in [0.1, 0.15) is 17.5 Å². The second-order valence-corrected chi connectivity index (χ2v) is 10.00. The SMILES string of the molecule is Cc1cc(NC(=O)c2cnn3ccc(N4CCC[C@@H]4c4cc(F)ccc4F)cc23)n(C(C)(C)C)n1. The van der Waals surface area contributed by atoms with Crippen molar-refractivity contribution in [2.75, 3.05) is 16.8 Å².